The molecule has 0 atom stereocenters. The maximum atomic E-state index is 12.0. The molecule has 2 aromatic rings. The van der Waals surface area contributed by atoms with E-state index in [4.69, 9.17) is 11.6 Å². The largest absolute Gasteiger partial charge is 0.363 e. The van der Waals surface area contributed by atoms with Crippen molar-refractivity contribution in [3.63, 3.8) is 0 Å². The van der Waals surface area contributed by atoms with Crippen LogP contribution in [-0.2, 0) is 4.79 Å². The van der Waals surface area contributed by atoms with Crippen LogP contribution in [0.4, 0.5) is 10.7 Å². The number of thiophene rings is 1. The Bertz CT molecular complexity index is 792. The minimum Gasteiger partial charge on any atom is -0.363 e. The second-order valence-corrected chi connectivity index (χ2v) is 8.38. The van der Waals surface area contributed by atoms with E-state index in [0.29, 0.717) is 24.0 Å². The van der Waals surface area contributed by atoms with Gasteiger partial charge in [-0.15, -0.1) is 35.3 Å². The van der Waals surface area contributed by atoms with E-state index < -0.39 is 0 Å². The molecule has 1 aliphatic heterocycles. The predicted molar refractivity (Wildman–Crippen MR) is 139 cm³/mol. The Labute approximate surface area is 204 Å². The summed E-state index contributed by atoms with van der Waals surface area (Å²) >= 11 is 7.65. The molecule has 1 aliphatic rings. The van der Waals surface area contributed by atoms with E-state index in [1.54, 1.807) is 42.6 Å². The Morgan fingerprint density at radius 2 is 1.97 bits per heavy atom. The molecule has 3 N–H and O–H groups in total. The fourth-order valence-corrected chi connectivity index (χ4v) is 4.21. The van der Waals surface area contributed by atoms with Crippen LogP contribution in [0.15, 0.2) is 46.8 Å². The standard InChI is InChI=1S/C21H28ClN5OS.HI/c1-23-21(26-18-10-13-27(14-11-18)20-5-3-15-29-20)24-12-2-4-19(28)25-17-8-6-16(22)7-9-17;/h3,5-9,15,18H,2,4,10-14H2,1H3,(H,25,28)(H2,23,24,26);1H. The number of piperidine rings is 1. The van der Waals surface area contributed by atoms with E-state index in [9.17, 15) is 4.79 Å². The first-order valence-electron chi connectivity index (χ1n) is 9.95. The molecule has 0 bridgehead atoms. The predicted octanol–water partition coefficient (Wildman–Crippen LogP) is 4.57. The van der Waals surface area contributed by atoms with Crippen molar-refractivity contribution < 1.29 is 4.79 Å². The summed E-state index contributed by atoms with van der Waals surface area (Å²) in [6.07, 6.45) is 3.35. The van der Waals surface area contributed by atoms with Crippen LogP contribution >= 0.6 is 46.9 Å². The molecule has 0 radical (unpaired) electrons. The fraction of sp³-hybridized carbons (Fsp3) is 0.429. The Morgan fingerprint density at radius 3 is 2.60 bits per heavy atom. The number of benzene rings is 1. The van der Waals surface area contributed by atoms with Crippen LogP contribution in [0.25, 0.3) is 0 Å². The summed E-state index contributed by atoms with van der Waals surface area (Å²) in [5.74, 6) is 0.802. The smallest absolute Gasteiger partial charge is 0.224 e. The minimum atomic E-state index is -0.00184. The molecule has 2 heterocycles. The summed E-state index contributed by atoms with van der Waals surface area (Å²) in [5, 5.41) is 13.8. The van der Waals surface area contributed by atoms with Gasteiger partial charge in [-0.3, -0.25) is 9.79 Å². The molecule has 164 valence electrons. The molecule has 1 aromatic carbocycles. The van der Waals surface area contributed by atoms with Gasteiger partial charge in [-0.1, -0.05) is 11.6 Å². The fourth-order valence-electron chi connectivity index (χ4n) is 3.29. The number of amides is 1. The van der Waals surface area contributed by atoms with Crippen LogP contribution in [0.3, 0.4) is 0 Å². The van der Waals surface area contributed by atoms with E-state index >= 15 is 0 Å². The number of guanidine groups is 1. The lowest BCUT2D eigenvalue weighted by Crippen LogP contribution is -2.48. The molecule has 0 saturated carbocycles. The van der Waals surface area contributed by atoms with Crippen molar-refractivity contribution in [2.75, 3.05) is 36.9 Å². The molecule has 1 aromatic heterocycles. The highest BCUT2D eigenvalue weighted by atomic mass is 127. The van der Waals surface area contributed by atoms with E-state index in [1.165, 1.54) is 5.00 Å². The minimum absolute atomic E-state index is 0. The third kappa shape index (κ3) is 7.96. The lowest BCUT2D eigenvalue weighted by Gasteiger charge is -2.33. The molecule has 30 heavy (non-hydrogen) atoms. The number of nitrogens with zero attached hydrogens (tertiary/aromatic N) is 2. The van der Waals surface area contributed by atoms with Gasteiger partial charge in [0.25, 0.3) is 0 Å². The molecular formula is C21H29ClIN5OS. The highest BCUT2D eigenvalue weighted by Gasteiger charge is 2.20. The summed E-state index contributed by atoms with van der Waals surface area (Å²) in [4.78, 5) is 18.8. The molecule has 0 aliphatic carbocycles. The Morgan fingerprint density at radius 1 is 1.23 bits per heavy atom. The van der Waals surface area contributed by atoms with E-state index in [0.717, 1.165) is 44.0 Å². The average Bonchev–Trinajstić information content (AvgIpc) is 3.27. The number of aliphatic imine (C=N–C) groups is 1. The van der Waals surface area contributed by atoms with Crippen LogP contribution in [-0.4, -0.2) is 44.6 Å². The number of carbonyl (C=O) groups excluding carboxylic acids is 1. The van der Waals surface area contributed by atoms with Gasteiger partial charge in [0.1, 0.15) is 0 Å². The summed E-state index contributed by atoms with van der Waals surface area (Å²) in [6.45, 7) is 2.81. The van der Waals surface area contributed by atoms with Crippen LogP contribution in [0.2, 0.25) is 5.02 Å². The molecule has 1 amide bonds. The van der Waals surface area contributed by atoms with Crippen molar-refractivity contribution in [2.24, 2.45) is 4.99 Å². The number of nitrogens with one attached hydrogen (secondary N) is 3. The van der Waals surface area contributed by atoms with Gasteiger partial charge >= 0.3 is 0 Å². The quantitative estimate of drug-likeness (QED) is 0.201. The monoisotopic (exact) mass is 561 g/mol. The first kappa shape index (κ1) is 24.7. The topological polar surface area (TPSA) is 68.8 Å². The van der Waals surface area contributed by atoms with Crippen molar-refractivity contribution in [3.8, 4) is 0 Å². The van der Waals surface area contributed by atoms with Crippen molar-refractivity contribution in [1.82, 2.24) is 10.6 Å². The maximum absolute atomic E-state index is 12.0. The average molecular weight is 562 g/mol. The van der Waals surface area contributed by atoms with Crippen molar-refractivity contribution in [2.45, 2.75) is 31.7 Å². The van der Waals surface area contributed by atoms with Gasteiger partial charge in [0.05, 0.1) is 5.00 Å². The highest BCUT2D eigenvalue weighted by molar-refractivity contribution is 14.0. The zero-order chi connectivity index (χ0) is 20.5. The van der Waals surface area contributed by atoms with Gasteiger partial charge in [-0.05, 0) is 61.0 Å². The second kappa shape index (κ2) is 13.0. The van der Waals surface area contributed by atoms with Crippen LogP contribution in [0, 0.1) is 0 Å². The van der Waals surface area contributed by atoms with Crippen molar-refractivity contribution in [1.29, 1.82) is 0 Å². The number of rotatable bonds is 7. The van der Waals surface area contributed by atoms with Gasteiger partial charge in [0.15, 0.2) is 5.96 Å². The van der Waals surface area contributed by atoms with E-state index in [-0.39, 0.29) is 29.9 Å². The van der Waals surface area contributed by atoms with Crippen LogP contribution in [0.5, 0.6) is 0 Å². The number of carbonyl (C=O) groups is 1. The number of anilines is 2. The molecule has 1 fully saturated rings. The molecule has 0 spiro atoms. The van der Waals surface area contributed by atoms with Gasteiger partial charge in [0, 0.05) is 49.9 Å². The van der Waals surface area contributed by atoms with E-state index in [2.05, 4.69) is 43.4 Å². The van der Waals surface area contributed by atoms with Crippen LogP contribution < -0.4 is 20.9 Å². The number of hydrogen-bond donors (Lipinski definition) is 3. The van der Waals surface area contributed by atoms with Crippen LogP contribution in [0.1, 0.15) is 25.7 Å². The first-order valence-corrected chi connectivity index (χ1v) is 11.2. The van der Waals surface area contributed by atoms with E-state index in [1.807, 2.05) is 0 Å². The molecule has 3 rings (SSSR count). The Balaban J connectivity index is 0.00000320. The first-order chi connectivity index (χ1) is 14.1. The van der Waals surface area contributed by atoms with Gasteiger partial charge in [-0.25, -0.2) is 0 Å². The Kier molecular flexibility index (Phi) is 10.7. The normalized spacial score (nSPS) is 14.7. The van der Waals surface area contributed by atoms with Gasteiger partial charge in [0.2, 0.25) is 5.91 Å². The molecule has 6 nitrogen and oxygen atoms in total. The maximum Gasteiger partial charge on any atom is 0.224 e. The SMILES string of the molecule is CN=C(NCCCC(=O)Nc1ccc(Cl)cc1)NC1CCN(c2cccs2)CC1.I. The summed E-state index contributed by atoms with van der Waals surface area (Å²) in [7, 11) is 1.78. The van der Waals surface area contributed by atoms with Gasteiger partial charge in [-0.2, -0.15) is 0 Å². The molecule has 0 unspecified atom stereocenters. The van der Waals surface area contributed by atoms with Gasteiger partial charge < -0.3 is 20.9 Å². The third-order valence-corrected chi connectivity index (χ3v) is 6.06. The number of hydrogen-bond acceptors (Lipinski definition) is 4. The zero-order valence-electron chi connectivity index (χ0n) is 17.1. The molecular weight excluding hydrogens is 533 g/mol. The highest BCUT2D eigenvalue weighted by Crippen LogP contribution is 2.24. The Hall–Kier alpha value is -1.52. The van der Waals surface area contributed by atoms with Crippen molar-refractivity contribution >= 4 is 69.5 Å². The number of halogens is 2. The summed E-state index contributed by atoms with van der Waals surface area (Å²) in [5.41, 5.74) is 0.763. The molecule has 9 heteroatoms. The third-order valence-electron chi connectivity index (χ3n) is 4.88. The summed E-state index contributed by atoms with van der Waals surface area (Å²) in [6, 6.07) is 11.8. The molecule has 1 saturated heterocycles. The lowest BCUT2D eigenvalue weighted by atomic mass is 10.1. The lowest BCUT2D eigenvalue weighted by molar-refractivity contribution is -0.116. The zero-order valence-corrected chi connectivity index (χ0v) is 21.0. The van der Waals surface area contributed by atoms with Crippen molar-refractivity contribution in [3.05, 3.63) is 46.8 Å². The second-order valence-electron chi connectivity index (χ2n) is 7.01. The summed E-state index contributed by atoms with van der Waals surface area (Å²) < 4.78 is 0.